The molecule has 0 atom stereocenters. The number of carbonyl (C=O) groups is 1. The number of benzene rings is 2. The first kappa shape index (κ1) is 15.9. The van der Waals surface area contributed by atoms with Crippen molar-refractivity contribution in [2.45, 2.75) is 0 Å². The van der Waals surface area contributed by atoms with E-state index in [-0.39, 0.29) is 19.1 Å². The Morgan fingerprint density at radius 1 is 1.09 bits per heavy atom. The summed E-state index contributed by atoms with van der Waals surface area (Å²) in [5, 5.41) is 15.0. The van der Waals surface area contributed by atoms with Gasteiger partial charge in [-0.15, -0.1) is 0 Å². The van der Waals surface area contributed by atoms with Gasteiger partial charge >= 0.3 is 0 Å². The third-order valence-corrected chi connectivity index (χ3v) is 3.25. The van der Waals surface area contributed by atoms with E-state index in [9.17, 15) is 4.79 Å². The second-order valence-electron chi connectivity index (χ2n) is 4.93. The van der Waals surface area contributed by atoms with E-state index in [1.54, 1.807) is 0 Å². The van der Waals surface area contributed by atoms with Crippen LogP contribution in [0.15, 0.2) is 54.6 Å². The third kappa shape index (κ3) is 4.49. The monoisotopic (exact) mass is 299 g/mol. The van der Waals surface area contributed by atoms with E-state index in [4.69, 9.17) is 5.11 Å². The Bertz CT molecular complexity index is 602. The van der Waals surface area contributed by atoms with Gasteiger partial charge in [0.05, 0.1) is 24.5 Å². The molecule has 0 saturated heterocycles. The molecule has 2 rings (SSSR count). The highest BCUT2D eigenvalue weighted by Crippen LogP contribution is 2.24. The zero-order valence-electron chi connectivity index (χ0n) is 12.6. The Hall–Kier alpha value is -2.53. The number of likely N-dealkylation sites (N-methyl/N-ethyl adjacent to an activating group) is 1. The first-order valence-electron chi connectivity index (χ1n) is 7.20. The molecule has 0 aliphatic heterocycles. The highest BCUT2D eigenvalue weighted by atomic mass is 16.3. The van der Waals surface area contributed by atoms with Crippen LogP contribution in [0.25, 0.3) is 0 Å². The molecule has 116 valence electrons. The summed E-state index contributed by atoms with van der Waals surface area (Å²) in [6.07, 6.45) is 0. The third-order valence-electron chi connectivity index (χ3n) is 3.25. The molecule has 3 N–H and O–H groups in total. The zero-order chi connectivity index (χ0) is 15.8. The molecule has 2 aromatic carbocycles. The van der Waals surface area contributed by atoms with Gasteiger partial charge in [0, 0.05) is 19.3 Å². The molecular weight excluding hydrogens is 278 g/mol. The number of anilines is 3. The maximum atomic E-state index is 12.0. The van der Waals surface area contributed by atoms with Crippen molar-refractivity contribution in [1.82, 2.24) is 0 Å². The van der Waals surface area contributed by atoms with Crippen molar-refractivity contribution in [2.24, 2.45) is 0 Å². The molecule has 2 aromatic rings. The van der Waals surface area contributed by atoms with Crippen molar-refractivity contribution >= 4 is 23.0 Å². The van der Waals surface area contributed by atoms with Gasteiger partial charge in [-0.3, -0.25) is 4.79 Å². The molecule has 0 bridgehead atoms. The molecule has 22 heavy (non-hydrogen) atoms. The van der Waals surface area contributed by atoms with Crippen LogP contribution < -0.4 is 15.5 Å². The first-order chi connectivity index (χ1) is 10.7. The van der Waals surface area contributed by atoms with Crippen LogP contribution in [0.4, 0.5) is 17.1 Å². The van der Waals surface area contributed by atoms with Crippen molar-refractivity contribution in [3.05, 3.63) is 54.6 Å². The van der Waals surface area contributed by atoms with Gasteiger partial charge in [-0.05, 0) is 24.3 Å². The Morgan fingerprint density at radius 3 is 2.50 bits per heavy atom. The van der Waals surface area contributed by atoms with Gasteiger partial charge in [0.2, 0.25) is 5.91 Å². The fraction of sp³-hybridized carbons (Fsp3) is 0.235. The van der Waals surface area contributed by atoms with Crippen LogP contribution in [0.1, 0.15) is 0 Å². The number of hydrogen-bond donors (Lipinski definition) is 3. The number of aliphatic hydroxyl groups is 1. The van der Waals surface area contributed by atoms with Gasteiger partial charge < -0.3 is 20.6 Å². The number of hydrogen-bond acceptors (Lipinski definition) is 4. The summed E-state index contributed by atoms with van der Waals surface area (Å²) in [4.78, 5) is 13.9. The summed E-state index contributed by atoms with van der Waals surface area (Å²) in [5.41, 5.74) is 2.59. The lowest BCUT2D eigenvalue weighted by Crippen LogP contribution is -2.25. The topological polar surface area (TPSA) is 64.6 Å². The van der Waals surface area contributed by atoms with E-state index in [0.717, 1.165) is 17.1 Å². The molecule has 0 fully saturated rings. The van der Waals surface area contributed by atoms with Crippen LogP contribution in [0.5, 0.6) is 0 Å². The highest BCUT2D eigenvalue weighted by Gasteiger charge is 2.08. The van der Waals surface area contributed by atoms with Crippen molar-refractivity contribution in [3.63, 3.8) is 0 Å². The van der Waals surface area contributed by atoms with E-state index in [1.165, 1.54) is 0 Å². The summed E-state index contributed by atoms with van der Waals surface area (Å²) in [5.74, 6) is -0.106. The van der Waals surface area contributed by atoms with Crippen LogP contribution in [-0.4, -0.2) is 37.8 Å². The molecule has 0 aromatic heterocycles. The van der Waals surface area contributed by atoms with Crippen molar-refractivity contribution in [2.75, 3.05) is 42.3 Å². The molecule has 0 aliphatic rings. The minimum Gasteiger partial charge on any atom is -0.395 e. The van der Waals surface area contributed by atoms with Crippen molar-refractivity contribution < 1.29 is 9.90 Å². The molecule has 0 aliphatic carbocycles. The number of nitrogens with one attached hydrogen (secondary N) is 2. The summed E-state index contributed by atoms with van der Waals surface area (Å²) >= 11 is 0. The number of rotatable bonds is 7. The maximum Gasteiger partial charge on any atom is 0.243 e. The average Bonchev–Trinajstić information content (AvgIpc) is 2.54. The van der Waals surface area contributed by atoms with Gasteiger partial charge in [-0.1, -0.05) is 30.3 Å². The Kier molecular flexibility index (Phi) is 5.80. The first-order valence-corrected chi connectivity index (χ1v) is 7.20. The molecular formula is C17H21N3O2. The summed E-state index contributed by atoms with van der Waals surface area (Å²) in [6, 6.07) is 17.1. The number of nitrogens with zero attached hydrogens (tertiary/aromatic N) is 1. The summed E-state index contributed by atoms with van der Waals surface area (Å²) in [6.45, 7) is 0.799. The molecule has 0 spiro atoms. The predicted molar refractivity (Wildman–Crippen MR) is 90.4 cm³/mol. The lowest BCUT2D eigenvalue weighted by Gasteiger charge is -2.22. The van der Waals surface area contributed by atoms with E-state index >= 15 is 0 Å². The number of aliphatic hydroxyl groups excluding tert-OH is 1. The Labute approximate surface area is 130 Å². The fourth-order valence-electron chi connectivity index (χ4n) is 2.13. The minimum absolute atomic E-state index is 0.0827. The summed E-state index contributed by atoms with van der Waals surface area (Å²) < 4.78 is 0. The number of carbonyl (C=O) groups excluding carboxylic acids is 1. The molecule has 5 heteroatoms. The van der Waals surface area contributed by atoms with E-state index in [0.29, 0.717) is 6.54 Å². The van der Waals surface area contributed by atoms with E-state index in [2.05, 4.69) is 10.6 Å². The zero-order valence-corrected chi connectivity index (χ0v) is 12.6. The average molecular weight is 299 g/mol. The lowest BCUT2D eigenvalue weighted by molar-refractivity contribution is -0.114. The lowest BCUT2D eigenvalue weighted by atomic mass is 10.2. The minimum atomic E-state index is -0.106. The normalized spacial score (nSPS) is 10.1. The van der Waals surface area contributed by atoms with Crippen molar-refractivity contribution in [1.29, 1.82) is 0 Å². The van der Waals surface area contributed by atoms with Gasteiger partial charge in [-0.2, -0.15) is 0 Å². The van der Waals surface area contributed by atoms with Crippen LogP contribution in [0.3, 0.4) is 0 Å². The quantitative estimate of drug-likeness (QED) is 0.733. The predicted octanol–water partition coefficient (Wildman–Crippen LogP) is 2.17. The van der Waals surface area contributed by atoms with Gasteiger partial charge in [0.25, 0.3) is 0 Å². The Balaban J connectivity index is 1.95. The van der Waals surface area contributed by atoms with E-state index in [1.807, 2.05) is 66.5 Å². The molecule has 0 saturated carbocycles. The molecule has 1 amide bonds. The van der Waals surface area contributed by atoms with E-state index < -0.39 is 0 Å². The second kappa shape index (κ2) is 8.05. The van der Waals surface area contributed by atoms with Crippen LogP contribution in [0, 0.1) is 0 Å². The SMILES string of the molecule is CN(CCO)c1ccccc1NCC(=O)Nc1ccccc1. The van der Waals surface area contributed by atoms with Gasteiger partial charge in [-0.25, -0.2) is 0 Å². The highest BCUT2D eigenvalue weighted by molar-refractivity contribution is 5.94. The van der Waals surface area contributed by atoms with Crippen LogP contribution >= 0.6 is 0 Å². The standard InChI is InChI=1S/C17H21N3O2/c1-20(11-12-21)16-10-6-5-9-15(16)18-13-17(22)19-14-7-3-2-4-8-14/h2-10,18,21H,11-13H2,1H3,(H,19,22). The maximum absolute atomic E-state index is 12.0. The van der Waals surface area contributed by atoms with Gasteiger partial charge in [0.1, 0.15) is 0 Å². The van der Waals surface area contributed by atoms with Crippen LogP contribution in [-0.2, 0) is 4.79 Å². The molecule has 0 radical (unpaired) electrons. The molecule has 5 nitrogen and oxygen atoms in total. The van der Waals surface area contributed by atoms with Crippen molar-refractivity contribution in [3.8, 4) is 0 Å². The number of amides is 1. The molecule has 0 heterocycles. The fourth-order valence-corrected chi connectivity index (χ4v) is 2.13. The molecule has 0 unspecified atom stereocenters. The summed E-state index contributed by atoms with van der Waals surface area (Å²) in [7, 11) is 1.90. The second-order valence-corrected chi connectivity index (χ2v) is 4.93. The Morgan fingerprint density at radius 2 is 1.77 bits per heavy atom. The smallest absolute Gasteiger partial charge is 0.243 e. The number of para-hydroxylation sites is 3. The van der Waals surface area contributed by atoms with Gasteiger partial charge in [0.15, 0.2) is 0 Å². The van der Waals surface area contributed by atoms with Crippen LogP contribution in [0.2, 0.25) is 0 Å². The largest absolute Gasteiger partial charge is 0.395 e.